The highest BCUT2D eigenvalue weighted by atomic mass is 16.5. The van der Waals surface area contributed by atoms with Gasteiger partial charge in [-0.2, -0.15) is 4.98 Å². The summed E-state index contributed by atoms with van der Waals surface area (Å²) >= 11 is 0. The number of nitrogens with zero attached hydrogens (tertiary/aromatic N) is 2. The molecule has 0 amide bonds. The van der Waals surface area contributed by atoms with Crippen molar-refractivity contribution < 1.29 is 19.2 Å². The SMILES string of the molecule is CCOC(C(=O)O)c1nc(CNC)no1. The van der Waals surface area contributed by atoms with E-state index >= 15 is 0 Å². The first kappa shape index (κ1) is 11.6. The lowest BCUT2D eigenvalue weighted by molar-refractivity contribution is -0.152. The van der Waals surface area contributed by atoms with Crippen LogP contribution in [-0.4, -0.2) is 34.9 Å². The fourth-order valence-corrected chi connectivity index (χ4v) is 1.02. The highest BCUT2D eigenvalue weighted by Crippen LogP contribution is 2.15. The maximum atomic E-state index is 10.8. The topological polar surface area (TPSA) is 97.5 Å². The van der Waals surface area contributed by atoms with Gasteiger partial charge in [0.25, 0.3) is 5.89 Å². The molecule has 0 aromatic carbocycles. The highest BCUT2D eigenvalue weighted by Gasteiger charge is 2.26. The van der Waals surface area contributed by atoms with E-state index in [9.17, 15) is 4.79 Å². The predicted molar refractivity (Wildman–Crippen MR) is 49.1 cm³/mol. The zero-order chi connectivity index (χ0) is 11.3. The van der Waals surface area contributed by atoms with Crippen molar-refractivity contribution in [1.29, 1.82) is 0 Å². The van der Waals surface area contributed by atoms with Gasteiger partial charge in [0.2, 0.25) is 6.10 Å². The maximum Gasteiger partial charge on any atom is 0.342 e. The van der Waals surface area contributed by atoms with Crippen molar-refractivity contribution in [1.82, 2.24) is 15.5 Å². The van der Waals surface area contributed by atoms with E-state index in [0.717, 1.165) is 0 Å². The molecule has 0 aliphatic rings. The van der Waals surface area contributed by atoms with E-state index in [1.54, 1.807) is 14.0 Å². The van der Waals surface area contributed by atoms with Gasteiger partial charge in [-0.1, -0.05) is 5.16 Å². The lowest BCUT2D eigenvalue weighted by atomic mass is 10.3. The molecule has 84 valence electrons. The molecule has 1 aromatic heterocycles. The molecule has 1 rings (SSSR count). The van der Waals surface area contributed by atoms with Crippen LogP contribution in [0.1, 0.15) is 24.7 Å². The van der Waals surface area contributed by atoms with Crippen LogP contribution in [0.25, 0.3) is 0 Å². The smallest absolute Gasteiger partial charge is 0.342 e. The Kier molecular flexibility index (Phi) is 4.19. The van der Waals surface area contributed by atoms with E-state index in [2.05, 4.69) is 15.5 Å². The Hall–Kier alpha value is -1.47. The summed E-state index contributed by atoms with van der Waals surface area (Å²) in [7, 11) is 1.73. The normalized spacial score (nSPS) is 12.7. The van der Waals surface area contributed by atoms with E-state index in [1.165, 1.54) is 0 Å². The number of hydrogen-bond donors (Lipinski definition) is 2. The molecule has 0 radical (unpaired) electrons. The molecular weight excluding hydrogens is 202 g/mol. The summed E-state index contributed by atoms with van der Waals surface area (Å²) in [6.45, 7) is 2.38. The average Bonchev–Trinajstić information content (AvgIpc) is 2.62. The molecule has 0 saturated carbocycles. The van der Waals surface area contributed by atoms with Crippen LogP contribution in [0.15, 0.2) is 4.52 Å². The van der Waals surface area contributed by atoms with Crippen molar-refractivity contribution in [2.45, 2.75) is 19.6 Å². The molecule has 1 unspecified atom stereocenters. The van der Waals surface area contributed by atoms with E-state index in [4.69, 9.17) is 14.4 Å². The number of aliphatic carboxylic acids is 1. The molecule has 1 atom stereocenters. The van der Waals surface area contributed by atoms with E-state index in [1.807, 2.05) is 0 Å². The van der Waals surface area contributed by atoms with Gasteiger partial charge in [-0.25, -0.2) is 4.79 Å². The van der Waals surface area contributed by atoms with E-state index in [-0.39, 0.29) is 12.5 Å². The number of carbonyl (C=O) groups is 1. The van der Waals surface area contributed by atoms with E-state index in [0.29, 0.717) is 12.4 Å². The van der Waals surface area contributed by atoms with Gasteiger partial charge in [0, 0.05) is 6.61 Å². The zero-order valence-corrected chi connectivity index (χ0v) is 8.56. The van der Waals surface area contributed by atoms with Crippen molar-refractivity contribution in [3.05, 3.63) is 11.7 Å². The van der Waals surface area contributed by atoms with Crippen LogP contribution in [0.4, 0.5) is 0 Å². The monoisotopic (exact) mass is 215 g/mol. The van der Waals surface area contributed by atoms with Gasteiger partial charge in [-0.05, 0) is 14.0 Å². The van der Waals surface area contributed by atoms with Gasteiger partial charge >= 0.3 is 5.97 Å². The van der Waals surface area contributed by atoms with Crippen molar-refractivity contribution >= 4 is 5.97 Å². The van der Waals surface area contributed by atoms with Crippen LogP contribution < -0.4 is 5.32 Å². The number of carboxylic acids is 1. The van der Waals surface area contributed by atoms with Crippen LogP contribution in [0, 0.1) is 0 Å². The van der Waals surface area contributed by atoms with Gasteiger partial charge in [-0.15, -0.1) is 0 Å². The van der Waals surface area contributed by atoms with Gasteiger partial charge < -0.3 is 19.7 Å². The molecule has 7 heteroatoms. The minimum atomic E-state index is -1.19. The first-order chi connectivity index (χ1) is 7.19. The molecule has 0 saturated heterocycles. The first-order valence-corrected chi connectivity index (χ1v) is 4.50. The van der Waals surface area contributed by atoms with Crippen LogP contribution in [-0.2, 0) is 16.1 Å². The van der Waals surface area contributed by atoms with Crippen LogP contribution >= 0.6 is 0 Å². The Morgan fingerprint density at radius 1 is 1.73 bits per heavy atom. The third-order valence-electron chi connectivity index (χ3n) is 1.60. The summed E-state index contributed by atoms with van der Waals surface area (Å²) in [6.07, 6.45) is -1.19. The van der Waals surface area contributed by atoms with Crippen LogP contribution in [0.3, 0.4) is 0 Å². The Morgan fingerprint density at radius 2 is 2.47 bits per heavy atom. The molecule has 0 bridgehead atoms. The molecule has 7 nitrogen and oxygen atoms in total. The summed E-state index contributed by atoms with van der Waals surface area (Å²) in [5.74, 6) is -0.774. The minimum absolute atomic E-state index is 0.0328. The summed E-state index contributed by atoms with van der Waals surface area (Å²) in [4.78, 5) is 14.7. The summed E-state index contributed by atoms with van der Waals surface area (Å²) in [6, 6.07) is 0. The predicted octanol–water partition coefficient (Wildman–Crippen LogP) is -0.0488. The van der Waals surface area contributed by atoms with Gasteiger partial charge in [-0.3, -0.25) is 0 Å². The second kappa shape index (κ2) is 5.42. The van der Waals surface area contributed by atoms with Crippen molar-refractivity contribution in [2.24, 2.45) is 0 Å². The Morgan fingerprint density at radius 3 is 3.00 bits per heavy atom. The molecule has 0 spiro atoms. The number of rotatable bonds is 6. The van der Waals surface area contributed by atoms with Crippen molar-refractivity contribution in [3.63, 3.8) is 0 Å². The van der Waals surface area contributed by atoms with Gasteiger partial charge in [0.15, 0.2) is 5.82 Å². The Labute approximate surface area is 86.4 Å². The standard InChI is InChI=1S/C8H13N3O4/c1-3-14-6(8(12)13)7-10-5(4-9-2)11-15-7/h6,9H,3-4H2,1-2H3,(H,12,13). The molecule has 0 aliphatic heterocycles. The number of nitrogens with one attached hydrogen (secondary N) is 1. The number of hydrogen-bond acceptors (Lipinski definition) is 6. The molecular formula is C8H13N3O4. The summed E-state index contributed by atoms with van der Waals surface area (Å²) < 4.78 is 9.75. The number of carboxylic acid groups (broad SMARTS) is 1. The largest absolute Gasteiger partial charge is 0.479 e. The second-order valence-corrected chi connectivity index (χ2v) is 2.75. The summed E-state index contributed by atoms with van der Waals surface area (Å²) in [5, 5.41) is 15.3. The van der Waals surface area contributed by atoms with Crippen molar-refractivity contribution in [2.75, 3.05) is 13.7 Å². The molecule has 1 heterocycles. The third-order valence-corrected chi connectivity index (χ3v) is 1.60. The second-order valence-electron chi connectivity index (χ2n) is 2.75. The lowest BCUT2D eigenvalue weighted by Crippen LogP contribution is -2.16. The van der Waals surface area contributed by atoms with E-state index < -0.39 is 12.1 Å². The van der Waals surface area contributed by atoms with Crippen molar-refractivity contribution in [3.8, 4) is 0 Å². The van der Waals surface area contributed by atoms with Gasteiger partial charge in [0.05, 0.1) is 6.54 Å². The quantitative estimate of drug-likeness (QED) is 0.686. The highest BCUT2D eigenvalue weighted by molar-refractivity contribution is 5.72. The zero-order valence-electron chi connectivity index (χ0n) is 8.56. The minimum Gasteiger partial charge on any atom is -0.479 e. The maximum absolute atomic E-state index is 10.8. The number of aromatic nitrogens is 2. The Balaban J connectivity index is 2.77. The average molecular weight is 215 g/mol. The molecule has 2 N–H and O–H groups in total. The fraction of sp³-hybridized carbons (Fsp3) is 0.625. The molecule has 0 aliphatic carbocycles. The van der Waals surface area contributed by atoms with Crippen LogP contribution in [0.5, 0.6) is 0 Å². The van der Waals surface area contributed by atoms with Gasteiger partial charge in [0.1, 0.15) is 0 Å². The molecule has 1 aromatic rings. The third kappa shape index (κ3) is 3.00. The molecule has 0 fully saturated rings. The Bertz CT molecular complexity index is 325. The molecule has 15 heavy (non-hydrogen) atoms. The first-order valence-electron chi connectivity index (χ1n) is 4.50. The lowest BCUT2D eigenvalue weighted by Gasteiger charge is -2.06. The summed E-state index contributed by atoms with van der Waals surface area (Å²) in [5.41, 5.74) is 0. The fourth-order valence-electron chi connectivity index (χ4n) is 1.02. The van der Waals surface area contributed by atoms with Crippen LogP contribution in [0.2, 0.25) is 0 Å². The number of ether oxygens (including phenoxy) is 1.